The molecular formula is C9H10BrClN2O2S2. The van der Waals surface area contributed by atoms with Crippen molar-refractivity contribution in [3.63, 3.8) is 0 Å². The quantitative estimate of drug-likeness (QED) is 0.900. The van der Waals surface area contributed by atoms with Crippen molar-refractivity contribution in [1.82, 2.24) is 4.72 Å². The van der Waals surface area contributed by atoms with E-state index in [-0.39, 0.29) is 10.8 Å². The predicted molar refractivity (Wildman–Crippen MR) is 71.6 cm³/mol. The van der Waals surface area contributed by atoms with E-state index in [0.717, 1.165) is 11.3 Å². The van der Waals surface area contributed by atoms with Crippen LogP contribution in [0.25, 0.3) is 0 Å². The Balaban J connectivity index is 2.88. The minimum absolute atomic E-state index is 0.0545. The van der Waals surface area contributed by atoms with E-state index in [9.17, 15) is 8.42 Å². The highest BCUT2D eigenvalue weighted by Gasteiger charge is 2.23. The standard InChI is InChI=1S/C9H10BrClN2O2S2/c1-9(2,4-12)5-13-17(14,15)7-3-6(11)8(10)16-7/h3,13H,5H2,1-2H3. The molecule has 1 N–H and O–H groups in total. The summed E-state index contributed by atoms with van der Waals surface area (Å²) >= 11 is 9.96. The van der Waals surface area contributed by atoms with E-state index in [1.54, 1.807) is 13.8 Å². The third kappa shape index (κ3) is 3.93. The molecule has 0 unspecified atom stereocenters. The van der Waals surface area contributed by atoms with Gasteiger partial charge in [-0.05, 0) is 35.8 Å². The summed E-state index contributed by atoms with van der Waals surface area (Å²) in [6.07, 6.45) is 0. The molecule has 94 valence electrons. The minimum atomic E-state index is -3.60. The summed E-state index contributed by atoms with van der Waals surface area (Å²) in [5, 5.41) is 9.16. The molecule has 0 aliphatic carbocycles. The molecule has 8 heteroatoms. The van der Waals surface area contributed by atoms with Crippen molar-refractivity contribution >= 4 is 48.9 Å². The first-order valence-electron chi connectivity index (χ1n) is 4.54. The Labute approximate surface area is 118 Å². The van der Waals surface area contributed by atoms with E-state index < -0.39 is 15.4 Å². The number of rotatable bonds is 4. The molecule has 0 aliphatic rings. The Bertz CT molecular complexity index is 541. The highest BCUT2D eigenvalue weighted by molar-refractivity contribution is 9.11. The molecule has 0 radical (unpaired) electrons. The van der Waals surface area contributed by atoms with Crippen LogP contribution in [-0.2, 0) is 10.0 Å². The smallest absolute Gasteiger partial charge is 0.209 e. The molecule has 17 heavy (non-hydrogen) atoms. The van der Waals surface area contributed by atoms with Crippen molar-refractivity contribution < 1.29 is 8.42 Å². The molecule has 1 heterocycles. The first-order chi connectivity index (χ1) is 7.68. The zero-order chi connectivity index (χ0) is 13.3. The molecule has 0 aliphatic heterocycles. The summed E-state index contributed by atoms with van der Waals surface area (Å²) in [6.45, 7) is 3.37. The number of halogens is 2. The zero-order valence-corrected chi connectivity index (χ0v) is 13.1. The summed E-state index contributed by atoms with van der Waals surface area (Å²) in [7, 11) is -3.60. The number of hydrogen-bond donors (Lipinski definition) is 1. The summed E-state index contributed by atoms with van der Waals surface area (Å²) in [5.74, 6) is 0. The van der Waals surface area contributed by atoms with E-state index in [2.05, 4.69) is 20.7 Å². The van der Waals surface area contributed by atoms with Gasteiger partial charge in [0.25, 0.3) is 0 Å². The lowest BCUT2D eigenvalue weighted by molar-refractivity contribution is 0.479. The van der Waals surface area contributed by atoms with Gasteiger partial charge in [-0.25, -0.2) is 13.1 Å². The van der Waals surface area contributed by atoms with E-state index in [1.165, 1.54) is 6.07 Å². The second-order valence-corrected chi connectivity index (χ2v) is 8.78. The molecule has 0 spiro atoms. The highest BCUT2D eigenvalue weighted by atomic mass is 79.9. The fraction of sp³-hybridized carbons (Fsp3) is 0.444. The Morgan fingerprint density at radius 1 is 1.65 bits per heavy atom. The fourth-order valence-corrected chi connectivity index (χ4v) is 4.50. The van der Waals surface area contributed by atoms with Crippen LogP contribution >= 0.6 is 38.9 Å². The Morgan fingerprint density at radius 3 is 2.65 bits per heavy atom. The Hall–Kier alpha value is -0.130. The molecule has 0 saturated carbocycles. The number of nitrogens with one attached hydrogen (secondary N) is 1. The summed E-state index contributed by atoms with van der Waals surface area (Å²) in [5.41, 5.74) is -0.745. The molecule has 0 saturated heterocycles. The largest absolute Gasteiger partial charge is 0.250 e. The molecule has 1 aromatic rings. The van der Waals surface area contributed by atoms with Gasteiger partial charge >= 0.3 is 0 Å². The fourth-order valence-electron chi connectivity index (χ4n) is 0.845. The summed E-state index contributed by atoms with van der Waals surface area (Å²) in [6, 6.07) is 3.40. The zero-order valence-electron chi connectivity index (χ0n) is 9.12. The minimum Gasteiger partial charge on any atom is -0.209 e. The van der Waals surface area contributed by atoms with Gasteiger partial charge in [-0.1, -0.05) is 11.6 Å². The van der Waals surface area contributed by atoms with Gasteiger partial charge in [0.2, 0.25) is 10.0 Å². The van der Waals surface area contributed by atoms with E-state index >= 15 is 0 Å². The number of hydrogen-bond acceptors (Lipinski definition) is 4. The van der Waals surface area contributed by atoms with Crippen LogP contribution in [0.1, 0.15) is 13.8 Å². The monoisotopic (exact) mass is 356 g/mol. The number of nitriles is 1. The van der Waals surface area contributed by atoms with Crippen LogP contribution in [0.3, 0.4) is 0 Å². The molecule has 0 fully saturated rings. The van der Waals surface area contributed by atoms with Crippen molar-refractivity contribution in [3.05, 3.63) is 14.9 Å². The highest BCUT2D eigenvalue weighted by Crippen LogP contribution is 2.34. The summed E-state index contributed by atoms with van der Waals surface area (Å²) in [4.78, 5) is 0. The third-order valence-electron chi connectivity index (χ3n) is 1.89. The van der Waals surface area contributed by atoms with Crippen LogP contribution in [0.4, 0.5) is 0 Å². The average molecular weight is 358 g/mol. The van der Waals surface area contributed by atoms with Gasteiger partial charge in [0.15, 0.2) is 0 Å². The normalized spacial score (nSPS) is 12.4. The lowest BCUT2D eigenvalue weighted by Crippen LogP contribution is -2.32. The first kappa shape index (κ1) is 14.9. The lowest BCUT2D eigenvalue weighted by Gasteiger charge is -2.15. The third-order valence-corrected chi connectivity index (χ3v) is 6.24. The van der Waals surface area contributed by atoms with Crippen LogP contribution < -0.4 is 4.72 Å². The van der Waals surface area contributed by atoms with Gasteiger partial charge in [0.1, 0.15) is 4.21 Å². The average Bonchev–Trinajstić information content (AvgIpc) is 2.58. The van der Waals surface area contributed by atoms with Crippen molar-refractivity contribution in [2.75, 3.05) is 6.54 Å². The van der Waals surface area contributed by atoms with Crippen molar-refractivity contribution in [2.24, 2.45) is 5.41 Å². The lowest BCUT2D eigenvalue weighted by atomic mass is 9.97. The van der Waals surface area contributed by atoms with Crippen molar-refractivity contribution in [2.45, 2.75) is 18.1 Å². The van der Waals surface area contributed by atoms with E-state index in [0.29, 0.717) is 8.81 Å². The Kier molecular flexibility index (Phi) is 4.60. The van der Waals surface area contributed by atoms with Crippen LogP contribution in [-0.4, -0.2) is 15.0 Å². The molecule has 0 bridgehead atoms. The van der Waals surface area contributed by atoms with Crippen molar-refractivity contribution in [1.29, 1.82) is 5.26 Å². The van der Waals surface area contributed by atoms with Crippen molar-refractivity contribution in [3.8, 4) is 6.07 Å². The maximum absolute atomic E-state index is 11.9. The van der Waals surface area contributed by atoms with E-state index in [1.807, 2.05) is 6.07 Å². The molecule has 1 aromatic heterocycles. The Morgan fingerprint density at radius 2 is 2.24 bits per heavy atom. The van der Waals surface area contributed by atoms with Crippen LogP contribution in [0, 0.1) is 16.7 Å². The number of thiophene rings is 1. The van der Waals surface area contributed by atoms with Crippen LogP contribution in [0.15, 0.2) is 14.1 Å². The SMILES string of the molecule is CC(C)(C#N)CNS(=O)(=O)c1cc(Cl)c(Br)s1. The van der Waals surface area contributed by atoms with E-state index in [4.69, 9.17) is 16.9 Å². The predicted octanol–water partition coefficient (Wildman–Crippen LogP) is 2.99. The van der Waals surface area contributed by atoms with Crippen LogP contribution in [0.2, 0.25) is 5.02 Å². The molecule has 0 atom stereocenters. The number of sulfonamides is 1. The van der Waals surface area contributed by atoms with Gasteiger partial charge in [-0.3, -0.25) is 0 Å². The maximum Gasteiger partial charge on any atom is 0.250 e. The summed E-state index contributed by atoms with van der Waals surface area (Å²) < 4.78 is 26.8. The molecule has 0 aromatic carbocycles. The molecular weight excluding hydrogens is 348 g/mol. The van der Waals surface area contributed by atoms with Gasteiger partial charge < -0.3 is 0 Å². The second kappa shape index (κ2) is 5.24. The number of nitrogens with zero attached hydrogens (tertiary/aromatic N) is 1. The topological polar surface area (TPSA) is 70.0 Å². The maximum atomic E-state index is 11.9. The van der Waals surface area contributed by atoms with Gasteiger partial charge in [0, 0.05) is 6.54 Å². The molecule has 0 amide bonds. The van der Waals surface area contributed by atoms with Crippen LogP contribution in [0.5, 0.6) is 0 Å². The van der Waals surface area contributed by atoms with Gasteiger partial charge in [0.05, 0.1) is 20.3 Å². The molecule has 4 nitrogen and oxygen atoms in total. The second-order valence-electron chi connectivity index (χ2n) is 4.01. The van der Waals surface area contributed by atoms with Gasteiger partial charge in [-0.15, -0.1) is 11.3 Å². The molecule has 1 rings (SSSR count). The van der Waals surface area contributed by atoms with Gasteiger partial charge in [-0.2, -0.15) is 5.26 Å². The first-order valence-corrected chi connectivity index (χ1v) is 8.01.